The Morgan fingerprint density at radius 2 is 1.74 bits per heavy atom. The summed E-state index contributed by atoms with van der Waals surface area (Å²) in [5, 5.41) is 9.85. The molecule has 4 rings (SSSR count). The van der Waals surface area contributed by atoms with Gasteiger partial charge in [-0.2, -0.15) is 0 Å². The van der Waals surface area contributed by atoms with Crippen LogP contribution >= 0.6 is 0 Å². The van der Waals surface area contributed by atoms with Gasteiger partial charge in [-0.1, -0.05) is 36.4 Å². The van der Waals surface area contributed by atoms with E-state index in [0.29, 0.717) is 23.2 Å². The monoisotopic (exact) mass is 415 g/mol. The lowest BCUT2D eigenvalue weighted by Crippen LogP contribution is -2.34. The molecule has 31 heavy (non-hydrogen) atoms. The van der Waals surface area contributed by atoms with Crippen molar-refractivity contribution in [3.8, 4) is 5.69 Å². The third-order valence-electron chi connectivity index (χ3n) is 5.16. The average molecular weight is 415 g/mol. The smallest absolute Gasteiger partial charge is 0.333 e. The van der Waals surface area contributed by atoms with Crippen molar-refractivity contribution in [3.63, 3.8) is 0 Å². The second kappa shape index (κ2) is 8.41. The van der Waals surface area contributed by atoms with Gasteiger partial charge in [-0.25, -0.2) is 9.36 Å². The molecule has 7 heteroatoms. The predicted octanol–water partition coefficient (Wildman–Crippen LogP) is 2.84. The lowest BCUT2D eigenvalue weighted by atomic mass is 10.1. The van der Waals surface area contributed by atoms with Gasteiger partial charge in [0.05, 0.1) is 23.2 Å². The van der Waals surface area contributed by atoms with E-state index in [-0.39, 0.29) is 23.6 Å². The molecule has 1 heterocycles. The van der Waals surface area contributed by atoms with Crippen LogP contribution in [0.15, 0.2) is 82.4 Å². The average Bonchev–Trinajstić information content (AvgIpc) is 2.80. The molecule has 1 amide bonds. The summed E-state index contributed by atoms with van der Waals surface area (Å²) >= 11 is 0. The van der Waals surface area contributed by atoms with Crippen molar-refractivity contribution in [1.82, 2.24) is 9.55 Å². The Morgan fingerprint density at radius 3 is 2.45 bits per heavy atom. The maximum atomic E-state index is 13.2. The molecule has 0 aliphatic heterocycles. The molecule has 0 aliphatic carbocycles. The number of aliphatic hydroxyl groups is 1. The summed E-state index contributed by atoms with van der Waals surface area (Å²) in [6.07, 6.45) is 0. The topological polar surface area (TPSA) is 95.4 Å². The minimum absolute atomic E-state index is 0.237. The number of amides is 1. The lowest BCUT2D eigenvalue weighted by molar-refractivity contribution is 0.0988. The SMILES string of the molecule is CCN(C(=O)c1cccc(-n2c(=O)[nH]c3cccc(CO)c3c2=O)c1)c1ccccc1. The quantitative estimate of drug-likeness (QED) is 0.524. The van der Waals surface area contributed by atoms with Crippen molar-refractivity contribution in [1.29, 1.82) is 0 Å². The normalized spacial score (nSPS) is 10.9. The zero-order valence-electron chi connectivity index (χ0n) is 16.9. The van der Waals surface area contributed by atoms with Crippen molar-refractivity contribution < 1.29 is 9.90 Å². The number of hydrogen-bond donors (Lipinski definition) is 2. The summed E-state index contributed by atoms with van der Waals surface area (Å²) in [6, 6.07) is 20.6. The van der Waals surface area contributed by atoms with Gasteiger partial charge in [0.1, 0.15) is 0 Å². The zero-order chi connectivity index (χ0) is 22.0. The number of aliphatic hydroxyl groups excluding tert-OH is 1. The van der Waals surface area contributed by atoms with Gasteiger partial charge >= 0.3 is 5.69 Å². The maximum absolute atomic E-state index is 13.2. The molecular weight excluding hydrogens is 394 g/mol. The summed E-state index contributed by atoms with van der Waals surface area (Å²) < 4.78 is 0.983. The fraction of sp³-hybridized carbons (Fsp3) is 0.125. The summed E-state index contributed by atoms with van der Waals surface area (Å²) in [5.74, 6) is -0.239. The highest BCUT2D eigenvalue weighted by Crippen LogP contribution is 2.18. The summed E-state index contributed by atoms with van der Waals surface area (Å²) in [4.78, 5) is 43.3. The molecule has 156 valence electrons. The Bertz CT molecular complexity index is 1370. The molecular formula is C24H21N3O4. The minimum atomic E-state index is -0.618. The largest absolute Gasteiger partial charge is 0.392 e. The molecule has 1 aromatic heterocycles. The minimum Gasteiger partial charge on any atom is -0.392 e. The molecule has 0 saturated heterocycles. The Labute approximate surface area is 177 Å². The molecule has 2 N–H and O–H groups in total. The van der Waals surface area contributed by atoms with E-state index < -0.39 is 11.2 Å². The Hall–Kier alpha value is -3.97. The second-order valence-corrected chi connectivity index (χ2v) is 7.00. The van der Waals surface area contributed by atoms with Gasteiger partial charge in [-0.15, -0.1) is 0 Å². The van der Waals surface area contributed by atoms with Crippen molar-refractivity contribution in [3.05, 3.63) is 105 Å². The molecule has 0 saturated carbocycles. The molecule has 7 nitrogen and oxygen atoms in total. The second-order valence-electron chi connectivity index (χ2n) is 7.00. The third-order valence-corrected chi connectivity index (χ3v) is 5.16. The van der Waals surface area contributed by atoms with E-state index >= 15 is 0 Å². The van der Waals surface area contributed by atoms with Gasteiger partial charge in [0, 0.05) is 17.8 Å². The number of rotatable bonds is 5. The molecule has 0 radical (unpaired) electrons. The summed E-state index contributed by atoms with van der Waals surface area (Å²) in [7, 11) is 0. The first-order valence-corrected chi connectivity index (χ1v) is 9.90. The van der Waals surface area contributed by atoms with Gasteiger partial charge in [-0.3, -0.25) is 9.59 Å². The van der Waals surface area contributed by atoms with Crippen LogP contribution in [0.3, 0.4) is 0 Å². The van der Waals surface area contributed by atoms with Crippen molar-refractivity contribution in [2.24, 2.45) is 0 Å². The molecule has 0 bridgehead atoms. The number of hydrogen-bond acceptors (Lipinski definition) is 4. The summed E-state index contributed by atoms with van der Waals surface area (Å²) in [5.41, 5.74) is 0.984. The lowest BCUT2D eigenvalue weighted by Gasteiger charge is -2.21. The van der Waals surface area contributed by atoms with Crippen LogP contribution in [0.1, 0.15) is 22.8 Å². The van der Waals surface area contributed by atoms with Crippen LogP contribution in [-0.2, 0) is 6.61 Å². The number of nitrogens with one attached hydrogen (secondary N) is 1. The maximum Gasteiger partial charge on any atom is 0.333 e. The number of carbonyl (C=O) groups is 1. The molecule has 0 fully saturated rings. The van der Waals surface area contributed by atoms with Gasteiger partial charge in [0.25, 0.3) is 11.5 Å². The number of H-pyrrole nitrogens is 1. The number of anilines is 1. The van der Waals surface area contributed by atoms with Crippen molar-refractivity contribution in [2.75, 3.05) is 11.4 Å². The molecule has 3 aromatic carbocycles. The molecule has 0 atom stereocenters. The van der Waals surface area contributed by atoms with Crippen LogP contribution in [0, 0.1) is 0 Å². The highest BCUT2D eigenvalue weighted by molar-refractivity contribution is 6.06. The van der Waals surface area contributed by atoms with E-state index in [4.69, 9.17) is 0 Å². The van der Waals surface area contributed by atoms with Gasteiger partial charge in [0.2, 0.25) is 0 Å². The Balaban J connectivity index is 1.84. The van der Waals surface area contributed by atoms with Crippen LogP contribution in [0.25, 0.3) is 16.6 Å². The number of aromatic amines is 1. The molecule has 4 aromatic rings. The highest BCUT2D eigenvalue weighted by atomic mass is 16.3. The highest BCUT2D eigenvalue weighted by Gasteiger charge is 2.18. The number of para-hydroxylation sites is 1. The van der Waals surface area contributed by atoms with E-state index in [9.17, 15) is 19.5 Å². The zero-order valence-corrected chi connectivity index (χ0v) is 16.9. The fourth-order valence-corrected chi connectivity index (χ4v) is 3.68. The van der Waals surface area contributed by atoms with E-state index in [0.717, 1.165) is 10.3 Å². The van der Waals surface area contributed by atoms with Crippen molar-refractivity contribution in [2.45, 2.75) is 13.5 Å². The number of nitrogens with zero attached hydrogens (tertiary/aromatic N) is 2. The molecule has 0 aliphatic rings. The number of aromatic nitrogens is 2. The standard InChI is InChI=1S/C24H21N3O4/c1-2-26(18-10-4-3-5-11-18)22(29)16-8-6-12-19(14-16)27-23(30)21-17(15-28)9-7-13-20(21)25-24(27)31/h3-14,28H,2,15H2,1H3,(H,25,31). The van der Waals surface area contributed by atoms with Gasteiger partial charge in [0.15, 0.2) is 0 Å². The van der Waals surface area contributed by atoms with Crippen LogP contribution < -0.4 is 16.1 Å². The van der Waals surface area contributed by atoms with Crippen molar-refractivity contribution >= 4 is 22.5 Å². The van der Waals surface area contributed by atoms with E-state index in [1.165, 1.54) is 6.07 Å². The Morgan fingerprint density at radius 1 is 1.00 bits per heavy atom. The number of benzene rings is 3. The van der Waals surface area contributed by atoms with Crippen LogP contribution in [0.2, 0.25) is 0 Å². The summed E-state index contributed by atoms with van der Waals surface area (Å²) in [6.45, 7) is 2.01. The molecule has 0 unspecified atom stereocenters. The first-order valence-electron chi connectivity index (χ1n) is 9.90. The predicted molar refractivity (Wildman–Crippen MR) is 120 cm³/mol. The van der Waals surface area contributed by atoms with E-state index in [1.807, 2.05) is 37.3 Å². The van der Waals surface area contributed by atoms with Gasteiger partial charge < -0.3 is 15.0 Å². The Kier molecular flexibility index (Phi) is 5.51. The van der Waals surface area contributed by atoms with E-state index in [1.54, 1.807) is 41.3 Å². The molecule has 0 spiro atoms. The first kappa shape index (κ1) is 20.3. The fourth-order valence-electron chi connectivity index (χ4n) is 3.68. The van der Waals surface area contributed by atoms with E-state index in [2.05, 4.69) is 4.98 Å². The van der Waals surface area contributed by atoms with Crippen LogP contribution in [0.4, 0.5) is 5.69 Å². The third kappa shape index (κ3) is 3.67. The van der Waals surface area contributed by atoms with Crippen LogP contribution in [0.5, 0.6) is 0 Å². The number of carbonyl (C=O) groups excluding carboxylic acids is 1. The first-order chi connectivity index (χ1) is 15.0. The van der Waals surface area contributed by atoms with Crippen LogP contribution in [-0.4, -0.2) is 27.1 Å². The van der Waals surface area contributed by atoms with Gasteiger partial charge in [-0.05, 0) is 48.9 Å². The number of fused-ring (bicyclic) bond motifs is 1.